The van der Waals surface area contributed by atoms with Gasteiger partial charge in [0, 0.05) is 49.2 Å². The van der Waals surface area contributed by atoms with E-state index in [9.17, 15) is 14.7 Å². The Bertz CT molecular complexity index is 1090. The van der Waals surface area contributed by atoms with Gasteiger partial charge in [0.25, 0.3) is 5.91 Å². The summed E-state index contributed by atoms with van der Waals surface area (Å²) in [4.78, 5) is 43.6. The third-order valence-corrected chi connectivity index (χ3v) is 9.22. The van der Waals surface area contributed by atoms with Gasteiger partial charge >= 0.3 is 0 Å². The van der Waals surface area contributed by atoms with Crippen LogP contribution in [0.3, 0.4) is 0 Å². The number of thiazole rings is 1. The van der Waals surface area contributed by atoms with E-state index in [0.717, 1.165) is 36.4 Å². The van der Waals surface area contributed by atoms with Crippen LogP contribution < -0.4 is 5.32 Å². The van der Waals surface area contributed by atoms with Gasteiger partial charge in [-0.1, -0.05) is 20.8 Å². The van der Waals surface area contributed by atoms with Gasteiger partial charge in [-0.25, -0.2) is 9.97 Å². The molecule has 9 nitrogen and oxygen atoms in total. The van der Waals surface area contributed by atoms with Crippen molar-refractivity contribution in [1.29, 1.82) is 0 Å². The summed E-state index contributed by atoms with van der Waals surface area (Å²) >= 11 is 1.50. The van der Waals surface area contributed by atoms with Crippen molar-refractivity contribution < 1.29 is 14.7 Å². The molecule has 2 aromatic rings. The van der Waals surface area contributed by atoms with Crippen LogP contribution >= 0.6 is 11.3 Å². The summed E-state index contributed by atoms with van der Waals surface area (Å²) in [6.45, 7) is 7.82. The van der Waals surface area contributed by atoms with E-state index < -0.39 is 6.10 Å². The SMILES string of the molecule is CC(C(=O)N(C)CCN(C)C)C1CCC2(C)Cc3sc(NC(=O)c4cnccn4)nc3C(C)C2C1O. The Labute approximate surface area is 217 Å². The number of hydrogen-bond donors (Lipinski definition) is 2. The maximum Gasteiger partial charge on any atom is 0.277 e. The van der Waals surface area contributed by atoms with Crippen LogP contribution in [0.2, 0.25) is 0 Å². The molecule has 0 bridgehead atoms. The smallest absolute Gasteiger partial charge is 0.277 e. The average Bonchev–Trinajstić information content (AvgIpc) is 3.24. The van der Waals surface area contributed by atoms with E-state index in [4.69, 9.17) is 4.98 Å². The first-order valence-electron chi connectivity index (χ1n) is 12.7. The summed E-state index contributed by atoms with van der Waals surface area (Å²) in [6.07, 6.45) is 6.42. The fraction of sp³-hybridized carbons (Fsp3) is 0.654. The summed E-state index contributed by atoms with van der Waals surface area (Å²) in [5.41, 5.74) is 1.10. The summed E-state index contributed by atoms with van der Waals surface area (Å²) < 4.78 is 0. The molecule has 1 saturated carbocycles. The number of hydrogen-bond acceptors (Lipinski definition) is 8. The number of aromatic nitrogens is 3. The molecule has 196 valence electrons. The van der Waals surface area contributed by atoms with Crippen LogP contribution in [-0.2, 0) is 11.2 Å². The minimum absolute atomic E-state index is 0.00303. The van der Waals surface area contributed by atoms with Gasteiger partial charge in [0.05, 0.1) is 18.0 Å². The minimum atomic E-state index is -0.590. The second-order valence-corrected chi connectivity index (χ2v) is 12.1. The van der Waals surface area contributed by atoms with Gasteiger partial charge in [0.1, 0.15) is 5.69 Å². The number of amides is 2. The predicted molar refractivity (Wildman–Crippen MR) is 140 cm³/mol. The second kappa shape index (κ2) is 10.5. The number of fused-ring (bicyclic) bond motifs is 2. The van der Waals surface area contributed by atoms with Gasteiger partial charge in [0.15, 0.2) is 5.13 Å². The first kappa shape index (κ1) is 26.6. The van der Waals surface area contributed by atoms with Crippen LogP contribution in [0, 0.1) is 23.2 Å². The lowest BCUT2D eigenvalue weighted by atomic mass is 9.53. The number of aliphatic hydroxyl groups excluding tert-OH is 1. The van der Waals surface area contributed by atoms with Gasteiger partial charge in [-0.3, -0.25) is 19.9 Å². The molecule has 0 aromatic carbocycles. The number of rotatable bonds is 7. The van der Waals surface area contributed by atoms with E-state index in [1.807, 2.05) is 28.1 Å². The van der Waals surface area contributed by atoms with Gasteiger partial charge in [-0.2, -0.15) is 0 Å². The van der Waals surface area contributed by atoms with Gasteiger partial charge in [0.2, 0.25) is 5.91 Å². The molecular formula is C26H38N6O3S. The molecule has 0 spiro atoms. The third kappa shape index (κ3) is 5.17. The Morgan fingerprint density at radius 2 is 2.03 bits per heavy atom. The molecule has 2 aromatic heterocycles. The van der Waals surface area contributed by atoms with Crippen molar-refractivity contribution in [2.75, 3.05) is 39.5 Å². The van der Waals surface area contributed by atoms with Crippen LogP contribution in [0.5, 0.6) is 0 Å². The minimum Gasteiger partial charge on any atom is -0.392 e. The molecule has 36 heavy (non-hydrogen) atoms. The molecule has 2 N–H and O–H groups in total. The van der Waals surface area contributed by atoms with E-state index in [0.29, 0.717) is 11.7 Å². The highest BCUT2D eigenvalue weighted by atomic mass is 32.1. The van der Waals surface area contributed by atoms with Crippen LogP contribution in [0.15, 0.2) is 18.6 Å². The molecule has 1 fully saturated rings. The fourth-order valence-corrected chi connectivity index (χ4v) is 7.43. The molecule has 2 heterocycles. The Kier molecular flexibility index (Phi) is 7.78. The topological polar surface area (TPSA) is 112 Å². The summed E-state index contributed by atoms with van der Waals surface area (Å²) in [7, 11) is 5.85. The third-order valence-electron chi connectivity index (χ3n) is 8.23. The largest absolute Gasteiger partial charge is 0.392 e. The van der Waals surface area contributed by atoms with Crippen molar-refractivity contribution in [1.82, 2.24) is 24.8 Å². The number of nitrogens with zero attached hydrogens (tertiary/aromatic N) is 5. The van der Waals surface area contributed by atoms with Gasteiger partial charge in [-0.15, -0.1) is 11.3 Å². The summed E-state index contributed by atoms with van der Waals surface area (Å²) in [6, 6.07) is 0. The molecular weight excluding hydrogens is 476 g/mol. The molecule has 6 unspecified atom stereocenters. The van der Waals surface area contributed by atoms with Crippen molar-refractivity contribution in [2.45, 2.75) is 52.1 Å². The van der Waals surface area contributed by atoms with Gasteiger partial charge in [-0.05, 0) is 50.6 Å². The standard InChI is InChI=1S/C26H38N6O3S/c1-15(24(35)32(6)12-11-31(4)5)17-7-8-26(3)13-19-21(16(2)20(26)22(17)33)29-25(36-19)30-23(34)18-14-27-9-10-28-18/h9-10,14-17,20,22,33H,7-8,11-13H2,1-6H3,(H,29,30,34). The van der Waals surface area contributed by atoms with E-state index in [1.54, 1.807) is 4.90 Å². The van der Waals surface area contributed by atoms with Crippen LogP contribution in [0.25, 0.3) is 0 Å². The van der Waals surface area contributed by atoms with Crippen LogP contribution in [0.1, 0.15) is 60.6 Å². The second-order valence-electron chi connectivity index (χ2n) is 11.1. The number of likely N-dealkylation sites (N-methyl/N-ethyl adjacent to an activating group) is 2. The van der Waals surface area contributed by atoms with Crippen LogP contribution in [-0.4, -0.2) is 82.0 Å². The van der Waals surface area contributed by atoms with E-state index in [1.165, 1.54) is 29.9 Å². The zero-order valence-electron chi connectivity index (χ0n) is 22.1. The lowest BCUT2D eigenvalue weighted by molar-refractivity contribution is -0.143. The lowest BCUT2D eigenvalue weighted by Crippen LogP contribution is -2.53. The predicted octanol–water partition coefficient (Wildman–Crippen LogP) is 2.89. The molecule has 2 aliphatic rings. The van der Waals surface area contributed by atoms with Crippen molar-refractivity contribution in [2.24, 2.45) is 23.2 Å². The molecule has 2 aliphatic carbocycles. The molecule has 2 amide bonds. The first-order chi connectivity index (χ1) is 17.0. The number of carbonyl (C=O) groups excluding carboxylic acids is 2. The van der Waals surface area contributed by atoms with Crippen molar-refractivity contribution in [3.05, 3.63) is 34.9 Å². The monoisotopic (exact) mass is 514 g/mol. The highest BCUT2D eigenvalue weighted by Crippen LogP contribution is 2.57. The highest BCUT2D eigenvalue weighted by Gasteiger charge is 2.54. The average molecular weight is 515 g/mol. The Hall–Kier alpha value is -2.43. The normalized spacial score (nSPS) is 28.2. The van der Waals surface area contributed by atoms with Crippen molar-refractivity contribution >= 4 is 28.3 Å². The van der Waals surface area contributed by atoms with E-state index >= 15 is 0 Å². The molecule has 0 aliphatic heterocycles. The number of nitrogens with one attached hydrogen (secondary N) is 1. The Morgan fingerprint density at radius 3 is 2.69 bits per heavy atom. The van der Waals surface area contributed by atoms with Gasteiger partial charge < -0.3 is 14.9 Å². The number of anilines is 1. The zero-order chi connectivity index (χ0) is 26.2. The first-order valence-corrected chi connectivity index (χ1v) is 13.5. The number of aliphatic hydroxyl groups is 1. The quantitative estimate of drug-likeness (QED) is 0.584. The molecule has 6 atom stereocenters. The van der Waals surface area contributed by atoms with Crippen LogP contribution in [0.4, 0.5) is 5.13 Å². The summed E-state index contributed by atoms with van der Waals surface area (Å²) in [5, 5.41) is 15.1. The van der Waals surface area contributed by atoms with Crippen molar-refractivity contribution in [3.8, 4) is 0 Å². The molecule has 4 rings (SSSR count). The zero-order valence-corrected chi connectivity index (χ0v) is 22.9. The van der Waals surface area contributed by atoms with E-state index in [2.05, 4.69) is 34.0 Å². The van der Waals surface area contributed by atoms with Crippen molar-refractivity contribution in [3.63, 3.8) is 0 Å². The Balaban J connectivity index is 1.50. The maximum absolute atomic E-state index is 13.2. The molecule has 0 saturated heterocycles. The van der Waals surface area contributed by atoms with E-state index in [-0.39, 0.29) is 46.6 Å². The molecule has 0 radical (unpaired) electrons. The maximum atomic E-state index is 13.2. The highest BCUT2D eigenvalue weighted by molar-refractivity contribution is 7.15. The fourth-order valence-electron chi connectivity index (χ4n) is 6.17. The summed E-state index contributed by atoms with van der Waals surface area (Å²) in [5.74, 6) is -0.563. The molecule has 10 heteroatoms. The Morgan fingerprint density at radius 1 is 1.28 bits per heavy atom. The lowest BCUT2D eigenvalue weighted by Gasteiger charge is -2.53. The number of carbonyl (C=O) groups is 2.